The maximum Gasteiger partial charge on any atom is 0.116 e. The first kappa shape index (κ1) is 36.3. The molecule has 56 heavy (non-hydrogen) atoms. The van der Waals surface area contributed by atoms with Crippen LogP contribution in [0, 0.1) is 20.8 Å². The molecule has 274 valence electrons. The SMILES string of the molecule is CCCc1ccc2c(c1)c1cc(-c3ccc(-c4cc(O)ccc4C)c(C)c3)ccc1n2-c1ccc(-c2ccccc2)cc1.Cc1cccc(-c2ccccc2)c1. The Morgan fingerprint density at radius 3 is 1.68 bits per heavy atom. The molecular formula is C54H47NO. The fourth-order valence-electron chi connectivity index (χ4n) is 7.91. The van der Waals surface area contributed by atoms with Gasteiger partial charge in [-0.05, 0) is 137 Å². The van der Waals surface area contributed by atoms with Crippen LogP contribution < -0.4 is 0 Å². The van der Waals surface area contributed by atoms with E-state index in [-0.39, 0.29) is 0 Å². The smallest absolute Gasteiger partial charge is 0.116 e. The fraction of sp³-hybridized carbons (Fsp3) is 0.111. The predicted octanol–water partition coefficient (Wildman–Crippen LogP) is 14.7. The van der Waals surface area contributed by atoms with Gasteiger partial charge in [-0.1, -0.05) is 152 Å². The normalized spacial score (nSPS) is 11.1. The number of nitrogens with zero attached hydrogens (tertiary/aromatic N) is 1. The first-order valence-electron chi connectivity index (χ1n) is 19.6. The van der Waals surface area contributed by atoms with Gasteiger partial charge in [0.05, 0.1) is 11.0 Å². The average Bonchev–Trinajstić information content (AvgIpc) is 3.56. The molecule has 1 N–H and O–H groups in total. The molecule has 0 radical (unpaired) electrons. The lowest BCUT2D eigenvalue weighted by molar-refractivity contribution is 0.475. The summed E-state index contributed by atoms with van der Waals surface area (Å²) < 4.78 is 2.40. The first-order valence-corrected chi connectivity index (χ1v) is 19.6. The Balaban J connectivity index is 0.000000287. The molecule has 0 unspecified atom stereocenters. The number of phenolic OH excluding ortho intramolecular Hbond substituents is 1. The van der Waals surface area contributed by atoms with Crippen LogP contribution in [0.1, 0.15) is 35.6 Å². The molecule has 2 nitrogen and oxygen atoms in total. The summed E-state index contributed by atoms with van der Waals surface area (Å²) in [6, 6.07) is 64.6. The molecule has 0 bridgehead atoms. The van der Waals surface area contributed by atoms with E-state index in [1.807, 2.05) is 18.2 Å². The predicted molar refractivity (Wildman–Crippen MR) is 239 cm³/mol. The molecule has 0 aliphatic rings. The second-order valence-electron chi connectivity index (χ2n) is 14.8. The lowest BCUT2D eigenvalue weighted by Gasteiger charge is -2.13. The van der Waals surface area contributed by atoms with E-state index in [2.05, 4.69) is 190 Å². The van der Waals surface area contributed by atoms with E-state index in [1.165, 1.54) is 71.9 Å². The Morgan fingerprint density at radius 1 is 0.429 bits per heavy atom. The van der Waals surface area contributed by atoms with Crippen molar-refractivity contribution in [1.29, 1.82) is 0 Å². The van der Waals surface area contributed by atoms with Gasteiger partial charge in [0.2, 0.25) is 0 Å². The summed E-state index contributed by atoms with van der Waals surface area (Å²) >= 11 is 0. The van der Waals surface area contributed by atoms with Crippen LogP contribution in [0.3, 0.4) is 0 Å². The van der Waals surface area contributed by atoms with Crippen molar-refractivity contribution >= 4 is 21.8 Å². The zero-order valence-corrected chi connectivity index (χ0v) is 32.6. The van der Waals surface area contributed by atoms with E-state index < -0.39 is 0 Å². The van der Waals surface area contributed by atoms with Crippen LogP contribution in [0.15, 0.2) is 182 Å². The molecule has 0 atom stereocenters. The van der Waals surface area contributed by atoms with Gasteiger partial charge in [0.1, 0.15) is 5.75 Å². The largest absolute Gasteiger partial charge is 0.508 e. The standard InChI is InChI=1S/C41H35NO.C13H12/c1-4-8-29-12-21-40-38(24-29)39-25-33(32-15-20-36(28(3)23-32)37-26-35(43)19-11-27(37)2)16-22-41(39)42(40)34-17-13-31(14-18-34)30-9-6-5-7-10-30;1-11-6-5-9-13(10-11)12-7-3-2-4-8-12/h5-7,9-26,43H,4,8H2,1-3H3;2-10H,1H3. The number of hydrogen-bond acceptors (Lipinski definition) is 1. The number of benzene rings is 8. The number of aryl methyl sites for hydroxylation is 4. The third-order valence-electron chi connectivity index (χ3n) is 10.8. The molecule has 2 heteroatoms. The summed E-state index contributed by atoms with van der Waals surface area (Å²) in [7, 11) is 0. The quantitative estimate of drug-likeness (QED) is 0.174. The summed E-state index contributed by atoms with van der Waals surface area (Å²) in [5, 5.41) is 12.7. The molecule has 9 rings (SSSR count). The number of fused-ring (bicyclic) bond motifs is 3. The van der Waals surface area contributed by atoms with Gasteiger partial charge in [-0.3, -0.25) is 0 Å². The van der Waals surface area contributed by atoms with E-state index >= 15 is 0 Å². The summed E-state index contributed by atoms with van der Waals surface area (Å²) in [5.74, 6) is 0.295. The van der Waals surface area contributed by atoms with Gasteiger partial charge < -0.3 is 9.67 Å². The average molecular weight is 726 g/mol. The van der Waals surface area contributed by atoms with Crippen LogP contribution in [0.2, 0.25) is 0 Å². The second kappa shape index (κ2) is 16.0. The molecule has 0 spiro atoms. The number of aromatic hydroxyl groups is 1. The number of phenols is 1. The molecule has 0 aliphatic heterocycles. The minimum atomic E-state index is 0.295. The molecule has 8 aromatic carbocycles. The van der Waals surface area contributed by atoms with Gasteiger partial charge in [0.25, 0.3) is 0 Å². The topological polar surface area (TPSA) is 25.2 Å². The van der Waals surface area contributed by atoms with E-state index in [9.17, 15) is 5.11 Å². The molecule has 9 aromatic rings. The number of hydrogen-bond donors (Lipinski definition) is 1. The van der Waals surface area contributed by atoms with Crippen LogP contribution in [0.25, 0.3) is 72.0 Å². The third-order valence-corrected chi connectivity index (χ3v) is 10.8. The van der Waals surface area contributed by atoms with E-state index in [1.54, 1.807) is 6.07 Å². The first-order chi connectivity index (χ1) is 27.4. The number of rotatable bonds is 7. The molecule has 1 aromatic heterocycles. The molecular weight excluding hydrogens is 679 g/mol. The second-order valence-corrected chi connectivity index (χ2v) is 14.8. The van der Waals surface area contributed by atoms with Crippen molar-refractivity contribution in [2.24, 2.45) is 0 Å². The Labute approximate surface area is 331 Å². The van der Waals surface area contributed by atoms with Crippen LogP contribution in [0.5, 0.6) is 5.75 Å². The maximum absolute atomic E-state index is 10.1. The van der Waals surface area contributed by atoms with Crippen molar-refractivity contribution in [2.75, 3.05) is 0 Å². The molecule has 1 heterocycles. The summed E-state index contributed by atoms with van der Waals surface area (Å²) in [6.45, 7) is 8.60. The molecule has 0 aliphatic carbocycles. The van der Waals surface area contributed by atoms with Gasteiger partial charge in [0.15, 0.2) is 0 Å². The molecule has 0 fully saturated rings. The van der Waals surface area contributed by atoms with Gasteiger partial charge in [-0.15, -0.1) is 0 Å². The zero-order chi connectivity index (χ0) is 38.6. The van der Waals surface area contributed by atoms with Gasteiger partial charge >= 0.3 is 0 Å². The highest BCUT2D eigenvalue weighted by Gasteiger charge is 2.15. The van der Waals surface area contributed by atoms with Crippen molar-refractivity contribution in [1.82, 2.24) is 4.57 Å². The molecule has 0 amide bonds. The summed E-state index contributed by atoms with van der Waals surface area (Å²) in [5.41, 5.74) is 18.3. The van der Waals surface area contributed by atoms with Crippen molar-refractivity contribution in [3.63, 3.8) is 0 Å². The summed E-state index contributed by atoms with van der Waals surface area (Å²) in [4.78, 5) is 0. The number of aromatic nitrogens is 1. The maximum atomic E-state index is 10.1. The van der Waals surface area contributed by atoms with Crippen molar-refractivity contribution < 1.29 is 5.11 Å². The lowest BCUT2D eigenvalue weighted by atomic mass is 9.93. The monoisotopic (exact) mass is 725 g/mol. The van der Waals surface area contributed by atoms with Crippen molar-refractivity contribution in [3.05, 3.63) is 204 Å². The molecule has 0 saturated carbocycles. The minimum Gasteiger partial charge on any atom is -0.508 e. The fourth-order valence-corrected chi connectivity index (χ4v) is 7.91. The highest BCUT2D eigenvalue weighted by molar-refractivity contribution is 6.10. The van der Waals surface area contributed by atoms with Gasteiger partial charge in [-0.25, -0.2) is 0 Å². The van der Waals surface area contributed by atoms with Gasteiger partial charge in [0, 0.05) is 16.5 Å². The van der Waals surface area contributed by atoms with Crippen molar-refractivity contribution in [3.8, 4) is 55.9 Å². The summed E-state index contributed by atoms with van der Waals surface area (Å²) in [6.07, 6.45) is 2.20. The van der Waals surface area contributed by atoms with Crippen LogP contribution in [-0.2, 0) is 6.42 Å². The van der Waals surface area contributed by atoms with E-state index in [0.29, 0.717) is 5.75 Å². The van der Waals surface area contributed by atoms with Crippen LogP contribution >= 0.6 is 0 Å². The Kier molecular flexibility index (Phi) is 10.4. The van der Waals surface area contributed by atoms with Gasteiger partial charge in [-0.2, -0.15) is 0 Å². The minimum absolute atomic E-state index is 0.295. The Hall–Kier alpha value is -6.64. The molecule has 0 saturated heterocycles. The van der Waals surface area contributed by atoms with Crippen LogP contribution in [-0.4, -0.2) is 9.67 Å². The third kappa shape index (κ3) is 7.52. The Bertz CT molecular complexity index is 2770. The van der Waals surface area contributed by atoms with Crippen molar-refractivity contribution in [2.45, 2.75) is 40.5 Å². The zero-order valence-electron chi connectivity index (χ0n) is 32.6. The highest BCUT2D eigenvalue weighted by Crippen LogP contribution is 2.38. The highest BCUT2D eigenvalue weighted by atomic mass is 16.3. The Morgan fingerprint density at radius 2 is 1.00 bits per heavy atom. The van der Waals surface area contributed by atoms with Crippen LogP contribution in [0.4, 0.5) is 0 Å². The van der Waals surface area contributed by atoms with E-state index in [4.69, 9.17) is 0 Å². The lowest BCUT2D eigenvalue weighted by Crippen LogP contribution is -1.94. The van der Waals surface area contributed by atoms with E-state index in [0.717, 1.165) is 35.2 Å².